The molecule has 0 heterocycles. The van der Waals surface area contributed by atoms with Gasteiger partial charge in [-0.15, -0.1) is 0 Å². The molecule has 0 bridgehead atoms. The predicted octanol–water partition coefficient (Wildman–Crippen LogP) is 0.918. The van der Waals surface area contributed by atoms with Gasteiger partial charge in [-0.3, -0.25) is 0 Å². The first-order valence-electron chi connectivity index (χ1n) is 4.59. The van der Waals surface area contributed by atoms with Gasteiger partial charge in [-0.25, -0.2) is 0 Å². The molecule has 0 N–H and O–H groups in total. The first-order valence-corrected chi connectivity index (χ1v) is 8.73. The number of hydrogen-bond acceptors (Lipinski definition) is 1. The standard InChI is InChI=1S/C8H15NSi.5CO.Cr/c1-9(2)7-6-8-10(3,4)5;5*1-2;/h1-5H3;;;;;;. The van der Waals surface area contributed by atoms with Crippen molar-refractivity contribution in [3.05, 3.63) is 33.3 Å². The molecule has 8 heteroatoms. The number of nitrogens with zero attached hydrogens (tertiary/aromatic N) is 1. The van der Waals surface area contributed by atoms with Crippen LogP contribution in [0, 0.1) is 44.7 Å². The molecule has 112 valence electrons. The maximum absolute atomic E-state index is 7.50. The third-order valence-electron chi connectivity index (χ3n) is 0.951. The Labute approximate surface area is 135 Å². The van der Waals surface area contributed by atoms with E-state index < -0.39 is 8.07 Å². The zero-order valence-electron chi connectivity index (χ0n) is 12.4. The van der Waals surface area contributed by atoms with E-state index in [0.717, 1.165) is 4.50 Å². The summed E-state index contributed by atoms with van der Waals surface area (Å²) < 4.78 is 38.5. The van der Waals surface area contributed by atoms with E-state index in [9.17, 15) is 0 Å². The van der Waals surface area contributed by atoms with Crippen LogP contribution in [0.5, 0.6) is 0 Å². The van der Waals surface area contributed by atoms with E-state index in [1.165, 1.54) is 0 Å². The molecule has 0 rings (SSSR count). The van der Waals surface area contributed by atoms with Crippen molar-refractivity contribution >= 4 is 12.6 Å². The van der Waals surface area contributed by atoms with Crippen LogP contribution < -0.4 is 0 Å². The van der Waals surface area contributed by atoms with Crippen molar-refractivity contribution < 1.29 is 39.1 Å². The predicted molar refractivity (Wildman–Crippen MR) is 69.5 cm³/mol. The Morgan fingerprint density at radius 2 is 1.05 bits per heavy atom. The van der Waals surface area contributed by atoms with E-state index >= 15 is 0 Å². The zero-order chi connectivity index (χ0) is 19.1. The SMILES string of the molecule is CN(C)[C](=[Cr])C#C[Si](C)(C)C.[C-]#[O+].[C-]#[O+].[C-]#[O+].[C-]#[O+].[C-]#[O+]. The van der Waals surface area contributed by atoms with E-state index in [4.69, 9.17) is 23.3 Å². The van der Waals surface area contributed by atoms with E-state index in [1.807, 2.05) is 19.0 Å². The van der Waals surface area contributed by atoms with E-state index in [2.05, 4.69) is 80.2 Å². The van der Waals surface area contributed by atoms with Crippen LogP contribution in [-0.4, -0.2) is 31.6 Å². The van der Waals surface area contributed by atoms with E-state index in [1.54, 1.807) is 0 Å². The topological polar surface area (TPSA) is 103 Å². The second kappa shape index (κ2) is 36.4. The van der Waals surface area contributed by atoms with Crippen molar-refractivity contribution in [3.63, 3.8) is 0 Å². The fourth-order valence-electron chi connectivity index (χ4n) is 0.353. The molecule has 0 unspecified atom stereocenters. The third kappa shape index (κ3) is 68.4. The summed E-state index contributed by atoms with van der Waals surface area (Å²) in [7, 11) is 2.79. The molecule has 0 radical (unpaired) electrons. The molecule has 0 aromatic rings. The average molecular weight is 345 g/mol. The Balaban J connectivity index is -0.0000000474. The zero-order valence-corrected chi connectivity index (χ0v) is 14.7. The molecule has 0 aliphatic rings. The van der Waals surface area contributed by atoms with Gasteiger partial charge < -0.3 is 0 Å². The number of hydrogen-bond donors (Lipinski definition) is 0. The van der Waals surface area contributed by atoms with Crippen LogP contribution in [0.15, 0.2) is 0 Å². The summed E-state index contributed by atoms with van der Waals surface area (Å²) in [6, 6.07) is 0. The summed E-state index contributed by atoms with van der Waals surface area (Å²) in [6.07, 6.45) is 0. The Bertz CT molecular complexity index is 356. The summed E-state index contributed by atoms with van der Waals surface area (Å²) >= 11 is 2.94. The second-order valence-electron chi connectivity index (χ2n) is 3.70. The molecule has 0 spiro atoms. The molecule has 0 aromatic heterocycles. The van der Waals surface area contributed by atoms with Gasteiger partial charge in [0.15, 0.2) is 0 Å². The Kier molecular flexibility index (Phi) is 63.7. The monoisotopic (exact) mass is 345 g/mol. The van der Waals surface area contributed by atoms with Crippen LogP contribution in [-0.2, 0) is 39.1 Å². The molecular formula is C13H15CrNO5Si. The summed E-state index contributed by atoms with van der Waals surface area (Å²) in [5, 5.41) is 0. The van der Waals surface area contributed by atoms with Crippen LogP contribution in [0.4, 0.5) is 0 Å². The van der Waals surface area contributed by atoms with Gasteiger partial charge in [-0.2, -0.15) is 0 Å². The summed E-state index contributed by atoms with van der Waals surface area (Å²) in [6.45, 7) is 29.2. The molecular weight excluding hydrogens is 330 g/mol. The Morgan fingerprint density at radius 3 is 1.19 bits per heavy atom. The van der Waals surface area contributed by atoms with Crippen molar-refractivity contribution in [3.8, 4) is 11.5 Å². The number of rotatable bonds is 1. The molecule has 0 atom stereocenters. The van der Waals surface area contributed by atoms with Gasteiger partial charge in [0.2, 0.25) is 0 Å². The van der Waals surface area contributed by atoms with Gasteiger partial charge in [0.1, 0.15) is 0 Å². The molecule has 21 heavy (non-hydrogen) atoms. The quantitative estimate of drug-likeness (QED) is 0.300. The summed E-state index contributed by atoms with van der Waals surface area (Å²) in [4.78, 5) is 1.99. The van der Waals surface area contributed by atoms with Gasteiger partial charge in [0, 0.05) is 0 Å². The molecule has 0 aromatic carbocycles. The van der Waals surface area contributed by atoms with Crippen LogP contribution >= 0.6 is 0 Å². The van der Waals surface area contributed by atoms with Crippen LogP contribution in [0.1, 0.15) is 0 Å². The van der Waals surface area contributed by atoms with Gasteiger partial charge in [0.25, 0.3) is 0 Å². The van der Waals surface area contributed by atoms with Gasteiger partial charge in [-0.1, -0.05) is 0 Å². The first-order chi connectivity index (χ1) is 9.83. The van der Waals surface area contributed by atoms with Crippen LogP contribution in [0.25, 0.3) is 0 Å². The third-order valence-corrected chi connectivity index (χ3v) is 2.56. The first kappa shape index (κ1) is 36.8. The van der Waals surface area contributed by atoms with Gasteiger partial charge in [-0.05, 0) is 0 Å². The normalized spacial score (nSPS) is 6.10. The molecule has 0 saturated heterocycles. The van der Waals surface area contributed by atoms with Crippen LogP contribution in [0.3, 0.4) is 0 Å². The summed E-state index contributed by atoms with van der Waals surface area (Å²) in [5.41, 5.74) is 3.28. The minimum absolute atomic E-state index is 1.02. The van der Waals surface area contributed by atoms with Crippen molar-refractivity contribution in [1.29, 1.82) is 0 Å². The summed E-state index contributed by atoms with van der Waals surface area (Å²) in [5.74, 6) is 3.12. The maximum atomic E-state index is 7.50. The molecule has 0 aliphatic heterocycles. The Morgan fingerprint density at radius 1 is 0.810 bits per heavy atom. The molecule has 0 saturated carbocycles. The molecule has 0 fully saturated rings. The van der Waals surface area contributed by atoms with E-state index in [0.29, 0.717) is 0 Å². The second-order valence-corrected chi connectivity index (χ2v) is 9.05. The van der Waals surface area contributed by atoms with Gasteiger partial charge in [0.05, 0.1) is 0 Å². The van der Waals surface area contributed by atoms with Crippen LogP contribution in [0.2, 0.25) is 19.6 Å². The Hall–Kier alpha value is -1.16. The van der Waals surface area contributed by atoms with E-state index in [-0.39, 0.29) is 0 Å². The van der Waals surface area contributed by atoms with Crippen molar-refractivity contribution in [1.82, 2.24) is 4.90 Å². The average Bonchev–Trinajstić information content (AvgIpc) is 2.54. The fourth-order valence-corrected chi connectivity index (χ4v) is 1.07. The van der Waals surface area contributed by atoms with Crippen molar-refractivity contribution in [2.24, 2.45) is 0 Å². The minimum atomic E-state index is -1.19. The molecule has 0 aliphatic carbocycles. The molecule has 6 nitrogen and oxygen atoms in total. The van der Waals surface area contributed by atoms with Crippen molar-refractivity contribution in [2.75, 3.05) is 14.1 Å². The fraction of sp³-hybridized carbons (Fsp3) is 0.385. The van der Waals surface area contributed by atoms with Gasteiger partial charge >= 0.3 is 135 Å². The van der Waals surface area contributed by atoms with Crippen molar-refractivity contribution in [2.45, 2.75) is 19.6 Å². The molecule has 0 amide bonds.